The van der Waals surface area contributed by atoms with Gasteiger partial charge < -0.3 is 4.62 Å². The highest BCUT2D eigenvalue weighted by atomic mass is 31.2. The van der Waals surface area contributed by atoms with Crippen LogP contribution >= 0.6 is 7.37 Å². The van der Waals surface area contributed by atoms with Gasteiger partial charge in [0, 0.05) is 0 Å². The van der Waals surface area contributed by atoms with Gasteiger partial charge in [0.25, 0.3) is 0 Å². The molecule has 0 saturated heterocycles. The van der Waals surface area contributed by atoms with E-state index < -0.39 is 7.37 Å². The molecule has 0 unspecified atom stereocenters. The van der Waals surface area contributed by atoms with Gasteiger partial charge in [-0.2, -0.15) is 0 Å². The maximum absolute atomic E-state index is 13.6. The molecule has 0 aliphatic heterocycles. The lowest BCUT2D eigenvalue weighted by Crippen LogP contribution is -2.17. The summed E-state index contributed by atoms with van der Waals surface area (Å²) in [5.74, 6) is 0. The van der Waals surface area contributed by atoms with E-state index in [9.17, 15) is 4.57 Å². The van der Waals surface area contributed by atoms with Crippen LogP contribution in [-0.4, -0.2) is 5.71 Å². The largest absolute Gasteiger partial charge is 0.330 e. The van der Waals surface area contributed by atoms with Crippen LogP contribution < -0.4 is 10.6 Å². The first kappa shape index (κ1) is 16.2. The fourth-order valence-corrected chi connectivity index (χ4v) is 4.20. The maximum atomic E-state index is 13.6. The third kappa shape index (κ3) is 3.47. The fourth-order valence-electron chi connectivity index (χ4n) is 2.34. The van der Waals surface area contributed by atoms with E-state index in [-0.39, 0.29) is 0 Å². The lowest BCUT2D eigenvalue weighted by molar-refractivity contribution is 0.349. The molecule has 0 aliphatic rings. The van der Waals surface area contributed by atoms with Crippen molar-refractivity contribution in [2.45, 2.75) is 6.92 Å². The topological polar surface area (TPSA) is 38.7 Å². The Hall–Kier alpha value is -2.64. The van der Waals surface area contributed by atoms with Gasteiger partial charge in [-0.3, -0.25) is 4.57 Å². The Morgan fingerprint density at radius 2 is 1.17 bits per heavy atom. The first-order valence-electron chi connectivity index (χ1n) is 7.70. The van der Waals surface area contributed by atoms with Crippen LogP contribution in [0.2, 0.25) is 0 Å². The second-order valence-electron chi connectivity index (χ2n) is 5.35. The molecule has 3 nitrogen and oxygen atoms in total. The molecule has 0 N–H and O–H groups in total. The summed E-state index contributed by atoms with van der Waals surface area (Å²) in [6.45, 7) is 1.84. The van der Waals surface area contributed by atoms with E-state index in [4.69, 9.17) is 4.62 Å². The highest BCUT2D eigenvalue weighted by Crippen LogP contribution is 2.44. The Balaban J connectivity index is 1.99. The average Bonchev–Trinajstić information content (AvgIpc) is 2.68. The third-order valence-electron chi connectivity index (χ3n) is 3.68. The van der Waals surface area contributed by atoms with Crippen LogP contribution in [0.25, 0.3) is 0 Å². The summed E-state index contributed by atoms with van der Waals surface area (Å²) < 4.78 is 19.3. The van der Waals surface area contributed by atoms with Crippen molar-refractivity contribution in [1.29, 1.82) is 0 Å². The smallest absolute Gasteiger partial charge is 0.330 e. The molecular weight excluding hydrogens is 317 g/mol. The van der Waals surface area contributed by atoms with Crippen LogP contribution in [0.15, 0.2) is 96.2 Å². The van der Waals surface area contributed by atoms with Crippen molar-refractivity contribution in [3.8, 4) is 0 Å². The van der Waals surface area contributed by atoms with Crippen molar-refractivity contribution in [2.75, 3.05) is 0 Å². The maximum Gasteiger partial charge on any atom is 0.330 e. The van der Waals surface area contributed by atoms with E-state index >= 15 is 0 Å². The molecule has 0 amide bonds. The standard InChI is InChI=1S/C20H18NO2P/c1-17(18-11-5-2-6-12-18)21-23-24(22,19-13-7-3-8-14-19)20-15-9-4-10-16-20/h2-16H,1H3. The van der Waals surface area contributed by atoms with Crippen molar-refractivity contribution in [3.63, 3.8) is 0 Å². The van der Waals surface area contributed by atoms with Gasteiger partial charge in [0.15, 0.2) is 0 Å². The summed E-state index contributed by atoms with van der Waals surface area (Å²) in [5.41, 5.74) is 1.62. The van der Waals surface area contributed by atoms with Crippen molar-refractivity contribution >= 4 is 23.7 Å². The molecule has 0 heterocycles. The molecule has 0 aliphatic carbocycles. The minimum absolute atomic E-state index is 0.626. The normalized spacial score (nSPS) is 12.0. The highest BCUT2D eigenvalue weighted by molar-refractivity contribution is 7.74. The molecule has 0 bridgehead atoms. The third-order valence-corrected chi connectivity index (χ3v) is 5.94. The number of hydrogen-bond acceptors (Lipinski definition) is 3. The van der Waals surface area contributed by atoms with Gasteiger partial charge in [-0.15, -0.1) is 0 Å². The molecule has 4 heteroatoms. The van der Waals surface area contributed by atoms with Crippen LogP contribution in [-0.2, 0) is 9.19 Å². The number of nitrogens with zero attached hydrogens (tertiary/aromatic N) is 1. The van der Waals surface area contributed by atoms with E-state index in [1.54, 1.807) is 24.3 Å². The molecular formula is C20H18NO2P. The average molecular weight is 335 g/mol. The number of rotatable bonds is 5. The molecule has 0 fully saturated rings. The minimum atomic E-state index is -3.29. The Kier molecular flexibility index (Phi) is 4.93. The summed E-state index contributed by atoms with van der Waals surface area (Å²) in [6.07, 6.45) is 0. The first-order chi connectivity index (χ1) is 11.7. The lowest BCUT2D eigenvalue weighted by Gasteiger charge is -2.16. The molecule has 0 spiro atoms. The zero-order valence-electron chi connectivity index (χ0n) is 13.4. The van der Waals surface area contributed by atoms with Gasteiger partial charge in [-0.25, -0.2) is 0 Å². The lowest BCUT2D eigenvalue weighted by atomic mass is 10.1. The van der Waals surface area contributed by atoms with Crippen LogP contribution in [0.3, 0.4) is 0 Å². The Bertz CT molecular complexity index is 818. The SMILES string of the molecule is CC(=NOP(=O)(c1ccccc1)c1ccccc1)c1ccccc1. The monoisotopic (exact) mass is 335 g/mol. The molecule has 3 aromatic carbocycles. The van der Waals surface area contributed by atoms with Gasteiger partial charge in [-0.1, -0.05) is 71.9 Å². The summed E-state index contributed by atoms with van der Waals surface area (Å²) >= 11 is 0. The summed E-state index contributed by atoms with van der Waals surface area (Å²) in [6, 6.07) is 28.1. The van der Waals surface area contributed by atoms with Gasteiger partial charge in [-0.05, 0) is 36.8 Å². The predicted molar refractivity (Wildman–Crippen MR) is 99.5 cm³/mol. The van der Waals surface area contributed by atoms with Gasteiger partial charge in [0.2, 0.25) is 0 Å². The molecule has 0 saturated carbocycles. The molecule has 3 aromatic rings. The zero-order valence-corrected chi connectivity index (χ0v) is 14.3. The van der Waals surface area contributed by atoms with Gasteiger partial charge in [0.05, 0.1) is 16.3 Å². The molecule has 3 rings (SSSR count). The fraction of sp³-hybridized carbons (Fsp3) is 0.0500. The van der Waals surface area contributed by atoms with Gasteiger partial charge in [0.1, 0.15) is 0 Å². The van der Waals surface area contributed by atoms with Crippen LogP contribution in [0, 0.1) is 0 Å². The van der Waals surface area contributed by atoms with E-state index in [2.05, 4.69) is 5.16 Å². The van der Waals surface area contributed by atoms with Crippen molar-refractivity contribution < 1.29 is 9.19 Å². The molecule has 120 valence electrons. The summed E-state index contributed by atoms with van der Waals surface area (Å²) in [5, 5.41) is 5.42. The molecule has 24 heavy (non-hydrogen) atoms. The first-order valence-corrected chi connectivity index (χ1v) is 9.33. The zero-order chi connectivity index (χ0) is 16.8. The number of hydrogen-bond donors (Lipinski definition) is 0. The van der Waals surface area contributed by atoms with E-state index in [0.717, 1.165) is 5.56 Å². The van der Waals surface area contributed by atoms with Crippen LogP contribution in [0.4, 0.5) is 0 Å². The Labute approximate surface area is 142 Å². The second-order valence-corrected chi connectivity index (χ2v) is 7.65. The van der Waals surface area contributed by atoms with Gasteiger partial charge >= 0.3 is 7.37 Å². The molecule has 0 aromatic heterocycles. The Morgan fingerprint density at radius 3 is 1.62 bits per heavy atom. The van der Waals surface area contributed by atoms with Crippen molar-refractivity contribution in [3.05, 3.63) is 96.6 Å². The van der Waals surface area contributed by atoms with E-state index in [1.165, 1.54) is 0 Å². The molecule has 0 radical (unpaired) electrons. The number of benzene rings is 3. The van der Waals surface area contributed by atoms with Crippen LogP contribution in [0.1, 0.15) is 12.5 Å². The summed E-state index contributed by atoms with van der Waals surface area (Å²) in [7, 11) is -3.29. The summed E-state index contributed by atoms with van der Waals surface area (Å²) in [4.78, 5) is 0. The van der Waals surface area contributed by atoms with E-state index in [1.807, 2.05) is 73.7 Å². The number of oxime groups is 1. The predicted octanol–water partition coefficient (Wildman–Crippen LogP) is 4.36. The van der Waals surface area contributed by atoms with E-state index in [0.29, 0.717) is 16.3 Å². The second kappa shape index (κ2) is 7.29. The molecule has 0 atom stereocenters. The highest BCUT2D eigenvalue weighted by Gasteiger charge is 2.30. The minimum Gasteiger partial charge on any atom is -0.330 e. The van der Waals surface area contributed by atoms with Crippen molar-refractivity contribution in [1.82, 2.24) is 0 Å². The quantitative estimate of drug-likeness (QED) is 0.395. The Morgan fingerprint density at radius 1 is 0.750 bits per heavy atom. The van der Waals surface area contributed by atoms with Crippen LogP contribution in [0.5, 0.6) is 0 Å². The van der Waals surface area contributed by atoms with Crippen molar-refractivity contribution in [2.24, 2.45) is 5.16 Å².